The van der Waals surface area contributed by atoms with Crippen molar-refractivity contribution >= 4 is 5.91 Å². The number of rotatable bonds is 1. The maximum atomic E-state index is 12.5. The molecule has 1 amide bonds. The smallest absolute Gasteiger partial charge is 0.254 e. The lowest BCUT2D eigenvalue weighted by Gasteiger charge is -2.27. The standard InChI is InChI=1S/C15H19NO2/c17-14-8-7-11-12(14)5-4-6-13(11)15(18)16-9-2-1-3-10-16/h4-6,14,17H,1-3,7-10H2. The van der Waals surface area contributed by atoms with Crippen LogP contribution in [-0.2, 0) is 6.42 Å². The first-order valence-electron chi connectivity index (χ1n) is 6.86. The van der Waals surface area contributed by atoms with Gasteiger partial charge in [-0.25, -0.2) is 0 Å². The molecule has 1 aromatic rings. The second-order valence-electron chi connectivity index (χ2n) is 5.28. The number of aliphatic hydroxyl groups excluding tert-OH is 1. The predicted molar refractivity (Wildman–Crippen MR) is 69.5 cm³/mol. The first-order valence-corrected chi connectivity index (χ1v) is 6.86. The van der Waals surface area contributed by atoms with E-state index in [1.807, 2.05) is 23.1 Å². The topological polar surface area (TPSA) is 40.5 Å². The van der Waals surface area contributed by atoms with Crippen molar-refractivity contribution in [3.05, 3.63) is 34.9 Å². The van der Waals surface area contributed by atoms with Crippen LogP contribution in [0.15, 0.2) is 18.2 Å². The molecule has 0 aromatic heterocycles. The lowest BCUT2D eigenvalue weighted by atomic mass is 10.0. The fraction of sp³-hybridized carbons (Fsp3) is 0.533. The Bertz CT molecular complexity index is 464. The van der Waals surface area contributed by atoms with Crippen molar-refractivity contribution in [1.82, 2.24) is 4.90 Å². The fourth-order valence-corrected chi connectivity index (χ4v) is 3.10. The van der Waals surface area contributed by atoms with Gasteiger partial charge in [0.05, 0.1) is 6.10 Å². The van der Waals surface area contributed by atoms with Crippen LogP contribution in [0, 0.1) is 0 Å². The van der Waals surface area contributed by atoms with Crippen molar-refractivity contribution in [2.75, 3.05) is 13.1 Å². The third kappa shape index (κ3) is 1.93. The Balaban J connectivity index is 1.90. The molecular weight excluding hydrogens is 226 g/mol. The maximum absolute atomic E-state index is 12.5. The minimum atomic E-state index is -0.380. The summed E-state index contributed by atoms with van der Waals surface area (Å²) >= 11 is 0. The van der Waals surface area contributed by atoms with Crippen LogP contribution in [0.25, 0.3) is 0 Å². The van der Waals surface area contributed by atoms with E-state index in [0.29, 0.717) is 0 Å². The summed E-state index contributed by atoms with van der Waals surface area (Å²) in [6.07, 6.45) is 4.66. The highest BCUT2D eigenvalue weighted by atomic mass is 16.3. The van der Waals surface area contributed by atoms with Crippen LogP contribution in [0.2, 0.25) is 0 Å². The van der Waals surface area contributed by atoms with Crippen molar-refractivity contribution in [3.8, 4) is 0 Å². The summed E-state index contributed by atoms with van der Waals surface area (Å²) in [6, 6.07) is 5.75. The minimum Gasteiger partial charge on any atom is -0.388 e. The van der Waals surface area contributed by atoms with Gasteiger partial charge in [0.25, 0.3) is 5.91 Å². The summed E-state index contributed by atoms with van der Waals surface area (Å²) in [4.78, 5) is 14.5. The van der Waals surface area contributed by atoms with Crippen LogP contribution >= 0.6 is 0 Å². The van der Waals surface area contributed by atoms with Crippen molar-refractivity contribution in [3.63, 3.8) is 0 Å². The number of carbonyl (C=O) groups excluding carboxylic acids is 1. The molecule has 1 N–H and O–H groups in total. The molecule has 0 spiro atoms. The molecule has 1 aliphatic heterocycles. The van der Waals surface area contributed by atoms with Crippen molar-refractivity contribution in [1.29, 1.82) is 0 Å². The summed E-state index contributed by atoms with van der Waals surface area (Å²) in [6.45, 7) is 1.76. The summed E-state index contributed by atoms with van der Waals surface area (Å²) in [5, 5.41) is 9.87. The molecule has 2 aliphatic rings. The first-order chi connectivity index (χ1) is 8.77. The van der Waals surface area contributed by atoms with Crippen LogP contribution in [-0.4, -0.2) is 29.0 Å². The number of carbonyl (C=O) groups is 1. The Labute approximate surface area is 107 Å². The monoisotopic (exact) mass is 245 g/mol. The molecule has 1 atom stereocenters. The van der Waals surface area contributed by atoms with E-state index < -0.39 is 0 Å². The Hall–Kier alpha value is -1.35. The highest BCUT2D eigenvalue weighted by Gasteiger charge is 2.27. The van der Waals surface area contributed by atoms with E-state index >= 15 is 0 Å². The predicted octanol–water partition coefficient (Wildman–Crippen LogP) is 2.29. The molecular formula is C15H19NO2. The zero-order valence-electron chi connectivity index (χ0n) is 10.6. The Morgan fingerprint density at radius 2 is 2.00 bits per heavy atom. The number of benzene rings is 1. The highest BCUT2D eigenvalue weighted by Crippen LogP contribution is 2.33. The molecule has 1 aliphatic carbocycles. The van der Waals surface area contributed by atoms with E-state index in [1.165, 1.54) is 6.42 Å². The molecule has 1 unspecified atom stereocenters. The van der Waals surface area contributed by atoms with Crippen molar-refractivity contribution in [2.24, 2.45) is 0 Å². The molecule has 1 aromatic carbocycles. The fourth-order valence-electron chi connectivity index (χ4n) is 3.10. The van der Waals surface area contributed by atoms with E-state index in [9.17, 15) is 9.90 Å². The molecule has 96 valence electrons. The van der Waals surface area contributed by atoms with Gasteiger partial charge in [0.1, 0.15) is 0 Å². The average Bonchev–Trinajstić information content (AvgIpc) is 2.81. The molecule has 0 saturated carbocycles. The van der Waals surface area contributed by atoms with Gasteiger partial charge in [-0.1, -0.05) is 12.1 Å². The summed E-state index contributed by atoms with van der Waals surface area (Å²) in [5.74, 6) is 0.153. The second kappa shape index (κ2) is 4.73. The zero-order chi connectivity index (χ0) is 12.5. The normalized spacial score (nSPS) is 22.9. The van der Waals surface area contributed by atoms with Gasteiger partial charge in [0.2, 0.25) is 0 Å². The van der Waals surface area contributed by atoms with E-state index in [0.717, 1.165) is 55.5 Å². The molecule has 0 bridgehead atoms. The number of hydrogen-bond acceptors (Lipinski definition) is 2. The molecule has 1 heterocycles. The molecule has 3 nitrogen and oxygen atoms in total. The van der Waals surface area contributed by atoms with Gasteiger partial charge in [-0.15, -0.1) is 0 Å². The van der Waals surface area contributed by atoms with E-state index in [1.54, 1.807) is 0 Å². The van der Waals surface area contributed by atoms with Crippen LogP contribution in [0.1, 0.15) is 53.3 Å². The van der Waals surface area contributed by atoms with E-state index in [2.05, 4.69) is 0 Å². The summed E-state index contributed by atoms with van der Waals surface area (Å²) in [5.41, 5.74) is 2.84. The first kappa shape index (κ1) is 11.7. The Morgan fingerprint density at radius 3 is 2.78 bits per heavy atom. The summed E-state index contributed by atoms with van der Waals surface area (Å²) < 4.78 is 0. The second-order valence-corrected chi connectivity index (χ2v) is 5.28. The molecule has 18 heavy (non-hydrogen) atoms. The molecule has 1 saturated heterocycles. The lowest BCUT2D eigenvalue weighted by Crippen LogP contribution is -2.36. The van der Waals surface area contributed by atoms with E-state index in [-0.39, 0.29) is 12.0 Å². The van der Waals surface area contributed by atoms with Gasteiger partial charge in [-0.05, 0) is 49.3 Å². The van der Waals surface area contributed by atoms with Gasteiger partial charge >= 0.3 is 0 Å². The van der Waals surface area contributed by atoms with E-state index in [4.69, 9.17) is 0 Å². The lowest BCUT2D eigenvalue weighted by molar-refractivity contribution is 0.0723. The van der Waals surface area contributed by atoms with Crippen LogP contribution in [0.3, 0.4) is 0 Å². The van der Waals surface area contributed by atoms with Gasteiger partial charge < -0.3 is 10.0 Å². The maximum Gasteiger partial charge on any atom is 0.254 e. The molecule has 3 heteroatoms. The quantitative estimate of drug-likeness (QED) is 0.824. The number of fused-ring (bicyclic) bond motifs is 1. The van der Waals surface area contributed by atoms with Gasteiger partial charge in [0, 0.05) is 18.7 Å². The minimum absolute atomic E-state index is 0.153. The average molecular weight is 245 g/mol. The van der Waals surface area contributed by atoms with Crippen molar-refractivity contribution < 1.29 is 9.90 Å². The molecule has 1 fully saturated rings. The SMILES string of the molecule is O=C(c1cccc2c1CCC2O)N1CCCCC1. The van der Waals surface area contributed by atoms with Gasteiger partial charge in [0.15, 0.2) is 0 Å². The number of likely N-dealkylation sites (tertiary alicyclic amines) is 1. The van der Waals surface area contributed by atoms with Gasteiger partial charge in [-0.2, -0.15) is 0 Å². The Kier molecular flexibility index (Phi) is 3.08. The largest absolute Gasteiger partial charge is 0.388 e. The van der Waals surface area contributed by atoms with Crippen LogP contribution in [0.4, 0.5) is 0 Å². The summed E-state index contributed by atoms with van der Waals surface area (Å²) in [7, 11) is 0. The number of amides is 1. The van der Waals surface area contributed by atoms with Crippen molar-refractivity contribution in [2.45, 2.75) is 38.2 Å². The molecule has 3 rings (SSSR count). The number of nitrogens with zero attached hydrogens (tertiary/aromatic N) is 1. The number of hydrogen-bond donors (Lipinski definition) is 1. The van der Waals surface area contributed by atoms with Gasteiger partial charge in [-0.3, -0.25) is 4.79 Å². The third-order valence-corrected chi connectivity index (χ3v) is 4.11. The number of aliphatic hydroxyl groups is 1. The highest BCUT2D eigenvalue weighted by molar-refractivity contribution is 5.96. The molecule has 0 radical (unpaired) electrons. The number of piperidine rings is 1. The van der Waals surface area contributed by atoms with Crippen LogP contribution < -0.4 is 0 Å². The van der Waals surface area contributed by atoms with Crippen LogP contribution in [0.5, 0.6) is 0 Å². The third-order valence-electron chi connectivity index (χ3n) is 4.11. The Morgan fingerprint density at radius 1 is 1.22 bits per heavy atom. The zero-order valence-corrected chi connectivity index (χ0v) is 10.6.